The van der Waals surface area contributed by atoms with Gasteiger partial charge in [-0.05, 0) is 47.6 Å². The third-order valence-corrected chi connectivity index (χ3v) is 6.60. The molecule has 0 saturated heterocycles. The number of carbonyl (C=O) groups excluding carboxylic acids is 2. The summed E-state index contributed by atoms with van der Waals surface area (Å²) < 4.78 is 29.8. The Kier molecular flexibility index (Phi) is 13.6. The lowest BCUT2D eigenvalue weighted by Gasteiger charge is -2.40. The van der Waals surface area contributed by atoms with E-state index in [4.69, 9.17) is 22.8 Å². The van der Waals surface area contributed by atoms with E-state index < -0.39 is 26.9 Å². The number of hydrogen-bond acceptors (Lipinski definition) is 8. The van der Waals surface area contributed by atoms with Crippen molar-refractivity contribution < 1.29 is 32.3 Å². The highest BCUT2D eigenvalue weighted by molar-refractivity contribution is 6.58. The van der Waals surface area contributed by atoms with Crippen LogP contribution < -0.4 is 0 Å². The van der Waals surface area contributed by atoms with E-state index in [0.29, 0.717) is 26.4 Å². The number of hydrogen-bond donors (Lipinski definition) is 0. The Morgan fingerprint density at radius 1 is 0.808 bits per heavy atom. The third kappa shape index (κ3) is 7.71. The van der Waals surface area contributed by atoms with E-state index in [9.17, 15) is 9.59 Å². The van der Waals surface area contributed by atoms with E-state index in [0.717, 1.165) is 6.42 Å². The molecule has 9 heteroatoms. The van der Waals surface area contributed by atoms with Gasteiger partial charge in [-0.1, -0.05) is 6.92 Å². The lowest BCUT2D eigenvalue weighted by molar-refractivity contribution is -0.156. The van der Waals surface area contributed by atoms with Crippen molar-refractivity contribution in [3.05, 3.63) is 0 Å². The molecule has 0 aliphatic rings. The van der Waals surface area contributed by atoms with Crippen LogP contribution in [0.3, 0.4) is 0 Å². The van der Waals surface area contributed by atoms with E-state index in [2.05, 4.69) is 0 Å². The van der Waals surface area contributed by atoms with Gasteiger partial charge in [0.05, 0.1) is 19.6 Å². The molecule has 0 aromatic rings. The average molecular weight is 394 g/mol. The van der Waals surface area contributed by atoms with Gasteiger partial charge < -0.3 is 22.8 Å². The zero-order valence-corrected chi connectivity index (χ0v) is 18.0. The van der Waals surface area contributed by atoms with Gasteiger partial charge in [0, 0.05) is 19.8 Å². The van der Waals surface area contributed by atoms with Crippen molar-refractivity contribution in [3.8, 4) is 0 Å². The van der Waals surface area contributed by atoms with Crippen molar-refractivity contribution in [3.63, 3.8) is 0 Å². The predicted octanol–water partition coefficient (Wildman–Crippen LogP) is 2.13. The van der Waals surface area contributed by atoms with Crippen molar-refractivity contribution in [2.75, 3.05) is 39.6 Å². The quantitative estimate of drug-likeness (QED) is 0.309. The molecule has 0 rings (SSSR count). The minimum absolute atomic E-state index is 0.144. The van der Waals surface area contributed by atoms with Crippen LogP contribution in [0.4, 0.5) is 0 Å². The Balaban J connectivity index is 5.93. The molecule has 0 aliphatic carbocycles. The maximum atomic E-state index is 12.6. The zero-order chi connectivity index (χ0) is 20.0. The van der Waals surface area contributed by atoms with Crippen LogP contribution in [0.5, 0.6) is 0 Å². The molecule has 0 fully saturated rings. The van der Waals surface area contributed by atoms with E-state index in [-0.39, 0.29) is 19.6 Å². The first-order chi connectivity index (χ1) is 12.5. The molecule has 154 valence electrons. The Hall–Kier alpha value is -1.00. The zero-order valence-electron chi connectivity index (χ0n) is 17.0. The minimum atomic E-state index is -3.37. The molecule has 0 heterocycles. The average Bonchev–Trinajstić information content (AvgIpc) is 2.59. The van der Waals surface area contributed by atoms with E-state index in [1.807, 2.05) is 27.7 Å². The molecule has 0 aliphatic heterocycles. The molecule has 0 aromatic carbocycles. The standard InChI is InChI=1S/C17H35NO7Si/c1-7-13-18(26(23-10-4,24-11-5)25-12-6)15(17(20)22-9-3)14-16(19)21-8-2/h15H,7-14H2,1-6H3. The van der Waals surface area contributed by atoms with E-state index in [1.165, 1.54) is 0 Å². The molecule has 0 radical (unpaired) electrons. The van der Waals surface area contributed by atoms with E-state index >= 15 is 0 Å². The minimum Gasteiger partial charge on any atom is -0.466 e. The van der Waals surface area contributed by atoms with Gasteiger partial charge in [-0.3, -0.25) is 9.59 Å². The molecular formula is C17H35NO7Si. The first-order valence-electron chi connectivity index (χ1n) is 9.46. The summed E-state index contributed by atoms with van der Waals surface area (Å²) >= 11 is 0. The van der Waals surface area contributed by atoms with Crippen LogP contribution in [0.15, 0.2) is 0 Å². The van der Waals surface area contributed by atoms with Crippen LogP contribution in [0.2, 0.25) is 0 Å². The molecule has 0 saturated carbocycles. The fourth-order valence-electron chi connectivity index (χ4n) is 2.58. The lowest BCUT2D eigenvalue weighted by Crippen LogP contribution is -2.66. The number of nitrogens with zero attached hydrogens (tertiary/aromatic N) is 1. The highest BCUT2D eigenvalue weighted by Crippen LogP contribution is 2.23. The smallest absolute Gasteiger partial charge is 0.466 e. The molecule has 1 atom stereocenters. The monoisotopic (exact) mass is 393 g/mol. The molecule has 26 heavy (non-hydrogen) atoms. The van der Waals surface area contributed by atoms with Crippen LogP contribution in [0.25, 0.3) is 0 Å². The van der Waals surface area contributed by atoms with Crippen LogP contribution >= 0.6 is 0 Å². The summed E-state index contributed by atoms with van der Waals surface area (Å²) in [5.74, 6) is -0.982. The second kappa shape index (κ2) is 14.1. The van der Waals surface area contributed by atoms with Gasteiger partial charge in [-0.25, -0.2) is 4.57 Å². The fraction of sp³-hybridized carbons (Fsp3) is 0.882. The van der Waals surface area contributed by atoms with Gasteiger partial charge in [-0.15, -0.1) is 0 Å². The van der Waals surface area contributed by atoms with Crippen molar-refractivity contribution in [2.24, 2.45) is 0 Å². The molecule has 0 amide bonds. The van der Waals surface area contributed by atoms with Gasteiger partial charge in [0.25, 0.3) is 0 Å². The molecule has 0 N–H and O–H groups in total. The third-order valence-electron chi connectivity index (χ3n) is 3.40. The first kappa shape index (κ1) is 25.0. The van der Waals surface area contributed by atoms with Crippen LogP contribution in [0, 0.1) is 0 Å². The highest BCUT2D eigenvalue weighted by atomic mass is 28.4. The maximum Gasteiger partial charge on any atom is 0.600 e. The highest BCUT2D eigenvalue weighted by Gasteiger charge is 2.53. The number of ether oxygens (including phenoxy) is 2. The van der Waals surface area contributed by atoms with Crippen molar-refractivity contribution in [1.82, 2.24) is 4.57 Å². The van der Waals surface area contributed by atoms with E-state index in [1.54, 1.807) is 18.4 Å². The summed E-state index contributed by atoms with van der Waals surface area (Å²) in [5, 5.41) is 0. The van der Waals surface area contributed by atoms with Gasteiger partial charge in [-0.2, -0.15) is 0 Å². The molecule has 0 spiro atoms. The summed E-state index contributed by atoms with van der Waals surface area (Å²) in [6.07, 6.45) is 0.579. The number of rotatable bonds is 15. The number of carbonyl (C=O) groups is 2. The number of esters is 2. The Morgan fingerprint density at radius 2 is 1.31 bits per heavy atom. The Labute approximate surface area is 158 Å². The predicted molar refractivity (Wildman–Crippen MR) is 99.3 cm³/mol. The fourth-order valence-corrected chi connectivity index (χ4v) is 5.50. The molecular weight excluding hydrogens is 358 g/mol. The second-order valence-electron chi connectivity index (χ2n) is 5.29. The molecule has 0 bridgehead atoms. The van der Waals surface area contributed by atoms with Gasteiger partial charge in [0.15, 0.2) is 0 Å². The van der Waals surface area contributed by atoms with Crippen molar-refractivity contribution >= 4 is 20.9 Å². The van der Waals surface area contributed by atoms with Gasteiger partial charge in [0.1, 0.15) is 6.04 Å². The van der Waals surface area contributed by atoms with Gasteiger partial charge in [0.2, 0.25) is 0 Å². The Morgan fingerprint density at radius 3 is 1.69 bits per heavy atom. The summed E-state index contributed by atoms with van der Waals surface area (Å²) in [4.78, 5) is 24.8. The summed E-state index contributed by atoms with van der Waals surface area (Å²) in [6.45, 7) is 13.0. The topological polar surface area (TPSA) is 83.5 Å². The summed E-state index contributed by atoms with van der Waals surface area (Å²) in [7, 11) is -3.37. The normalized spacial score (nSPS) is 12.9. The summed E-state index contributed by atoms with van der Waals surface area (Å²) in [5.41, 5.74) is 0. The Bertz CT molecular complexity index is 392. The SMILES string of the molecule is CCCN(C(CC(=O)OCC)C(=O)OCC)[Si](OCC)(OCC)OCC. The maximum absolute atomic E-state index is 12.6. The molecule has 1 unspecified atom stereocenters. The molecule has 0 aromatic heterocycles. The lowest BCUT2D eigenvalue weighted by atomic mass is 10.2. The largest absolute Gasteiger partial charge is 0.600 e. The second-order valence-corrected chi connectivity index (χ2v) is 7.78. The van der Waals surface area contributed by atoms with Crippen LogP contribution in [0.1, 0.15) is 54.4 Å². The summed E-state index contributed by atoms with van der Waals surface area (Å²) in [6, 6.07) is -0.884. The molecule has 8 nitrogen and oxygen atoms in total. The van der Waals surface area contributed by atoms with Crippen molar-refractivity contribution in [2.45, 2.75) is 60.4 Å². The first-order valence-corrected chi connectivity index (χ1v) is 11.1. The van der Waals surface area contributed by atoms with Gasteiger partial charge >= 0.3 is 20.9 Å². The van der Waals surface area contributed by atoms with Crippen LogP contribution in [-0.2, 0) is 32.3 Å². The van der Waals surface area contributed by atoms with Crippen LogP contribution in [-0.4, -0.2) is 71.1 Å². The van der Waals surface area contributed by atoms with Crippen molar-refractivity contribution in [1.29, 1.82) is 0 Å².